The molecule has 1 heterocycles. The Bertz CT molecular complexity index is 979. The van der Waals surface area contributed by atoms with Gasteiger partial charge in [0.15, 0.2) is 4.90 Å². The molecule has 9 nitrogen and oxygen atoms in total. The van der Waals surface area contributed by atoms with Crippen molar-refractivity contribution in [1.82, 2.24) is 4.73 Å². The highest BCUT2D eigenvalue weighted by Crippen LogP contribution is 2.30. The molecule has 2 aromatic rings. The van der Waals surface area contributed by atoms with Crippen LogP contribution >= 0.6 is 11.6 Å². The van der Waals surface area contributed by atoms with E-state index in [4.69, 9.17) is 26.7 Å². The van der Waals surface area contributed by atoms with Crippen molar-refractivity contribution in [2.75, 3.05) is 5.73 Å². The van der Waals surface area contributed by atoms with Gasteiger partial charge in [0.05, 0.1) is 0 Å². The second kappa shape index (κ2) is 6.67. The number of hydrogen-bond donors (Lipinski definition) is 4. The van der Waals surface area contributed by atoms with Gasteiger partial charge in [-0.2, -0.15) is 8.42 Å². The maximum atomic E-state index is 12.0. The van der Waals surface area contributed by atoms with Crippen LogP contribution in [0.2, 0.25) is 5.02 Å². The molecule has 25 heavy (non-hydrogen) atoms. The van der Waals surface area contributed by atoms with Crippen LogP contribution < -0.4 is 10.6 Å². The molecule has 0 atom stereocenters. The zero-order valence-corrected chi connectivity index (χ0v) is 14.2. The maximum absolute atomic E-state index is 12.0. The van der Waals surface area contributed by atoms with Gasteiger partial charge in [0, 0.05) is 22.3 Å². The molecule has 1 aromatic carbocycles. The molecule has 0 spiro atoms. The minimum Gasteiger partial charge on any atom is -0.492 e. The lowest BCUT2D eigenvalue weighted by atomic mass is 10.1. The SMILES string of the molecule is CC(=Cc1ccc(Cl)cc1N)C(=O)On1c(O)cc(S(=O)(=O)O)c1O. The maximum Gasteiger partial charge on any atom is 0.359 e. The minimum atomic E-state index is -4.82. The average molecular weight is 389 g/mol. The summed E-state index contributed by atoms with van der Waals surface area (Å²) in [6.07, 6.45) is 1.37. The van der Waals surface area contributed by atoms with E-state index in [1.807, 2.05) is 0 Å². The highest BCUT2D eigenvalue weighted by molar-refractivity contribution is 7.86. The summed E-state index contributed by atoms with van der Waals surface area (Å²) in [5, 5.41) is 19.7. The van der Waals surface area contributed by atoms with Crippen molar-refractivity contribution in [2.24, 2.45) is 0 Å². The van der Waals surface area contributed by atoms with E-state index in [2.05, 4.69) is 0 Å². The van der Waals surface area contributed by atoms with Crippen molar-refractivity contribution in [3.63, 3.8) is 0 Å². The fourth-order valence-corrected chi connectivity index (χ4v) is 2.60. The Morgan fingerprint density at radius 1 is 1.32 bits per heavy atom. The number of anilines is 1. The molecular weight excluding hydrogens is 376 g/mol. The summed E-state index contributed by atoms with van der Waals surface area (Å²) in [4.78, 5) is 15.7. The summed E-state index contributed by atoms with van der Waals surface area (Å²) in [6.45, 7) is 1.37. The molecule has 0 aliphatic carbocycles. The quantitative estimate of drug-likeness (QED) is 0.348. The van der Waals surface area contributed by atoms with Gasteiger partial charge >= 0.3 is 5.97 Å². The smallest absolute Gasteiger partial charge is 0.359 e. The van der Waals surface area contributed by atoms with Crippen LogP contribution in [0.1, 0.15) is 12.5 Å². The zero-order chi connectivity index (χ0) is 18.9. The summed E-state index contributed by atoms with van der Waals surface area (Å²) < 4.78 is 31.1. The summed E-state index contributed by atoms with van der Waals surface area (Å²) in [5.74, 6) is -3.08. The molecule has 0 saturated heterocycles. The Morgan fingerprint density at radius 3 is 2.48 bits per heavy atom. The molecule has 5 N–H and O–H groups in total. The summed E-state index contributed by atoms with van der Waals surface area (Å²) in [5.41, 5.74) is 6.56. The lowest BCUT2D eigenvalue weighted by Crippen LogP contribution is -2.20. The second-order valence-corrected chi connectivity index (χ2v) is 6.77. The van der Waals surface area contributed by atoms with Gasteiger partial charge in [-0.1, -0.05) is 17.7 Å². The number of carbonyl (C=O) groups excluding carboxylic acids is 1. The van der Waals surface area contributed by atoms with Crippen molar-refractivity contribution in [3.8, 4) is 11.8 Å². The standard InChI is InChI=1S/C14H13ClN2O7S/c1-7(4-8-2-3-9(15)5-10(8)16)14(20)24-17-12(18)6-11(13(17)19)25(21,22)23/h2-6,18-19H,16H2,1H3,(H,21,22,23). The first-order valence-electron chi connectivity index (χ1n) is 6.58. The monoisotopic (exact) mass is 388 g/mol. The highest BCUT2D eigenvalue weighted by atomic mass is 35.5. The fraction of sp³-hybridized carbons (Fsp3) is 0.0714. The van der Waals surface area contributed by atoms with E-state index in [0.717, 1.165) is 0 Å². The Labute approximate surface area is 147 Å². The predicted molar refractivity (Wildman–Crippen MR) is 88.7 cm³/mol. The predicted octanol–water partition coefficient (Wildman–Crippen LogP) is 1.44. The van der Waals surface area contributed by atoms with Crippen LogP contribution in [0.15, 0.2) is 34.7 Å². The van der Waals surface area contributed by atoms with Crippen molar-refractivity contribution >= 4 is 39.5 Å². The normalized spacial score (nSPS) is 12.2. The van der Waals surface area contributed by atoms with E-state index in [-0.39, 0.29) is 10.3 Å². The number of nitrogens with zero attached hydrogens (tertiary/aromatic N) is 1. The molecule has 0 unspecified atom stereocenters. The number of aromatic nitrogens is 1. The van der Waals surface area contributed by atoms with Crippen molar-refractivity contribution in [3.05, 3.63) is 40.4 Å². The first-order chi connectivity index (χ1) is 11.5. The van der Waals surface area contributed by atoms with Crippen LogP contribution in [0.4, 0.5) is 5.69 Å². The summed E-state index contributed by atoms with van der Waals surface area (Å²) in [6, 6.07) is 5.13. The molecular formula is C14H13ClN2O7S. The van der Waals surface area contributed by atoms with Crippen molar-refractivity contribution < 1.29 is 32.8 Å². The third kappa shape index (κ3) is 4.05. The molecule has 11 heteroatoms. The van der Waals surface area contributed by atoms with Crippen LogP contribution in [-0.4, -0.2) is 33.9 Å². The van der Waals surface area contributed by atoms with Crippen LogP contribution in [0, 0.1) is 0 Å². The minimum absolute atomic E-state index is 0.0231. The van der Waals surface area contributed by atoms with Crippen LogP contribution in [0.25, 0.3) is 6.08 Å². The second-order valence-electron chi connectivity index (χ2n) is 4.94. The number of nitrogens with two attached hydrogens (primary N) is 1. The van der Waals surface area contributed by atoms with Gasteiger partial charge in [-0.15, -0.1) is 4.73 Å². The molecule has 0 saturated carbocycles. The van der Waals surface area contributed by atoms with Gasteiger partial charge in [0.1, 0.15) is 0 Å². The van der Waals surface area contributed by atoms with Crippen LogP contribution in [0.5, 0.6) is 11.8 Å². The molecule has 134 valence electrons. The molecule has 1 aromatic heterocycles. The Hall–Kier alpha value is -2.69. The molecule has 0 aliphatic heterocycles. The van der Waals surface area contributed by atoms with E-state index in [9.17, 15) is 23.4 Å². The number of hydrogen-bond acceptors (Lipinski definition) is 7. The van der Waals surface area contributed by atoms with Gasteiger partial charge in [-0.3, -0.25) is 4.55 Å². The molecule has 0 fully saturated rings. The molecule has 0 bridgehead atoms. The third-order valence-electron chi connectivity index (χ3n) is 3.08. The fourth-order valence-electron chi connectivity index (χ4n) is 1.85. The number of halogens is 1. The van der Waals surface area contributed by atoms with Crippen molar-refractivity contribution in [2.45, 2.75) is 11.8 Å². The van der Waals surface area contributed by atoms with Gasteiger partial charge in [-0.05, 0) is 30.7 Å². The number of carbonyl (C=O) groups is 1. The first kappa shape index (κ1) is 18.6. The van der Waals surface area contributed by atoms with Gasteiger partial charge in [0.2, 0.25) is 5.88 Å². The number of aromatic hydroxyl groups is 2. The number of nitrogen functional groups attached to an aromatic ring is 1. The molecule has 0 radical (unpaired) electrons. The molecule has 2 rings (SSSR count). The molecule has 0 amide bonds. The van der Waals surface area contributed by atoms with E-state index < -0.39 is 32.7 Å². The van der Waals surface area contributed by atoms with Gasteiger partial charge in [0.25, 0.3) is 16.0 Å². The lowest BCUT2D eigenvalue weighted by Gasteiger charge is -2.08. The first-order valence-corrected chi connectivity index (χ1v) is 8.39. The average Bonchev–Trinajstić information content (AvgIpc) is 2.78. The number of rotatable bonds is 4. The van der Waals surface area contributed by atoms with E-state index in [0.29, 0.717) is 22.3 Å². The Balaban J connectivity index is 2.31. The molecule has 0 aliphatic rings. The number of benzene rings is 1. The lowest BCUT2D eigenvalue weighted by molar-refractivity contribution is -0.140. The largest absolute Gasteiger partial charge is 0.492 e. The van der Waals surface area contributed by atoms with Crippen LogP contribution in [-0.2, 0) is 14.9 Å². The Kier molecular flexibility index (Phi) is 4.97. The summed E-state index contributed by atoms with van der Waals surface area (Å²) in [7, 11) is -4.82. The Morgan fingerprint density at radius 2 is 1.96 bits per heavy atom. The van der Waals surface area contributed by atoms with E-state index >= 15 is 0 Å². The zero-order valence-electron chi connectivity index (χ0n) is 12.7. The summed E-state index contributed by atoms with van der Waals surface area (Å²) >= 11 is 5.78. The van der Waals surface area contributed by atoms with Crippen LogP contribution in [0.3, 0.4) is 0 Å². The highest BCUT2D eigenvalue weighted by Gasteiger charge is 2.26. The topological polar surface area (TPSA) is 152 Å². The van der Waals surface area contributed by atoms with Crippen molar-refractivity contribution in [1.29, 1.82) is 0 Å². The van der Waals surface area contributed by atoms with E-state index in [1.54, 1.807) is 12.1 Å². The van der Waals surface area contributed by atoms with E-state index in [1.165, 1.54) is 19.1 Å². The van der Waals surface area contributed by atoms with Gasteiger partial charge < -0.3 is 20.8 Å². The van der Waals surface area contributed by atoms with Gasteiger partial charge in [-0.25, -0.2) is 4.79 Å². The third-order valence-corrected chi connectivity index (χ3v) is 4.17.